The summed E-state index contributed by atoms with van der Waals surface area (Å²) in [6.45, 7) is 0. The zero-order valence-electron chi connectivity index (χ0n) is 27.2. The predicted molar refractivity (Wildman–Crippen MR) is 214 cm³/mol. The van der Waals surface area contributed by atoms with Crippen LogP contribution in [0.25, 0.3) is 108 Å². The van der Waals surface area contributed by atoms with Gasteiger partial charge in [0.1, 0.15) is 0 Å². The Morgan fingerprint density at radius 3 is 2.10 bits per heavy atom. The molecule has 0 amide bonds. The molecule has 11 rings (SSSR count). The maximum atomic E-state index is 5.23. The fraction of sp³-hybridized carbons (Fsp3) is 0. The first kappa shape index (κ1) is 28.3. The van der Waals surface area contributed by atoms with Crippen LogP contribution in [0.5, 0.6) is 0 Å². The molecule has 11 aromatic rings. The first-order valence-electron chi connectivity index (χ1n) is 17.0. The molecule has 236 valence electrons. The summed E-state index contributed by atoms with van der Waals surface area (Å²) in [4.78, 5) is 19.7. The molecule has 51 heavy (non-hydrogen) atoms. The average Bonchev–Trinajstić information content (AvgIpc) is 3.59. The van der Waals surface area contributed by atoms with Crippen molar-refractivity contribution >= 4 is 85.9 Å². The fourth-order valence-electron chi connectivity index (χ4n) is 7.71. The van der Waals surface area contributed by atoms with Crippen molar-refractivity contribution in [1.29, 1.82) is 0 Å². The zero-order chi connectivity index (χ0) is 33.5. The van der Waals surface area contributed by atoms with E-state index in [9.17, 15) is 0 Å². The lowest BCUT2D eigenvalue weighted by atomic mass is 9.96. The topological polar surface area (TPSA) is 51.6 Å². The number of aromatic nitrogens is 4. The minimum Gasteiger partial charge on any atom is -0.254 e. The maximum absolute atomic E-state index is 5.23. The SMILES string of the molecule is c1cnc2c(c1)cc(-c1ccc3nc(-c4ccc(-c5nc6ccccc6c6c5ccc5c7ccccc7sc56)cc4)ccc3c1)c1cccnc12. The molecule has 5 aromatic heterocycles. The highest BCUT2D eigenvalue weighted by Crippen LogP contribution is 2.43. The Labute approximate surface area is 296 Å². The summed E-state index contributed by atoms with van der Waals surface area (Å²) in [6, 6.07) is 51.7. The van der Waals surface area contributed by atoms with Crippen LogP contribution in [0.2, 0.25) is 0 Å². The van der Waals surface area contributed by atoms with Crippen molar-refractivity contribution in [3.8, 4) is 33.6 Å². The Hall–Kier alpha value is -6.56. The molecule has 0 bridgehead atoms. The molecule has 0 fully saturated rings. The van der Waals surface area contributed by atoms with Crippen molar-refractivity contribution in [2.75, 3.05) is 0 Å². The van der Waals surface area contributed by atoms with Gasteiger partial charge in [0.15, 0.2) is 0 Å². The quantitative estimate of drug-likeness (QED) is 0.176. The highest BCUT2D eigenvalue weighted by Gasteiger charge is 2.17. The number of rotatable bonds is 3. The molecule has 0 aliphatic heterocycles. The van der Waals surface area contributed by atoms with Crippen LogP contribution in [0, 0.1) is 0 Å². The molecule has 6 aromatic carbocycles. The van der Waals surface area contributed by atoms with Gasteiger partial charge < -0.3 is 0 Å². The van der Waals surface area contributed by atoms with E-state index in [0.717, 1.165) is 71.9 Å². The molecular weight excluding hydrogens is 641 g/mol. The van der Waals surface area contributed by atoms with E-state index in [1.54, 1.807) is 0 Å². The molecule has 0 aliphatic rings. The lowest BCUT2D eigenvalue weighted by Crippen LogP contribution is -1.91. The monoisotopic (exact) mass is 666 g/mol. The van der Waals surface area contributed by atoms with Gasteiger partial charge in [0.05, 0.1) is 33.5 Å². The molecule has 0 aliphatic carbocycles. The predicted octanol–water partition coefficient (Wildman–Crippen LogP) is 12.4. The Kier molecular flexibility index (Phi) is 6.09. The summed E-state index contributed by atoms with van der Waals surface area (Å²) in [5.41, 5.74) is 10.2. The van der Waals surface area contributed by atoms with E-state index in [1.807, 2.05) is 35.9 Å². The minimum atomic E-state index is 0.919. The molecule has 0 spiro atoms. The van der Waals surface area contributed by atoms with Gasteiger partial charge >= 0.3 is 0 Å². The number of hydrogen-bond donors (Lipinski definition) is 0. The van der Waals surface area contributed by atoms with Crippen molar-refractivity contribution in [2.45, 2.75) is 0 Å². The van der Waals surface area contributed by atoms with E-state index < -0.39 is 0 Å². The molecule has 0 atom stereocenters. The van der Waals surface area contributed by atoms with Crippen LogP contribution < -0.4 is 0 Å². The van der Waals surface area contributed by atoms with Crippen LogP contribution in [0.3, 0.4) is 0 Å². The Morgan fingerprint density at radius 1 is 0.431 bits per heavy atom. The average molecular weight is 667 g/mol. The van der Waals surface area contributed by atoms with Crippen molar-refractivity contribution in [1.82, 2.24) is 19.9 Å². The van der Waals surface area contributed by atoms with Gasteiger partial charge in [-0.2, -0.15) is 0 Å². The maximum Gasteiger partial charge on any atom is 0.0970 e. The van der Waals surface area contributed by atoms with Gasteiger partial charge in [-0.05, 0) is 59.7 Å². The van der Waals surface area contributed by atoms with E-state index >= 15 is 0 Å². The first-order valence-corrected chi connectivity index (χ1v) is 17.9. The molecule has 5 heteroatoms. The van der Waals surface area contributed by atoms with Gasteiger partial charge in [-0.3, -0.25) is 9.97 Å². The third-order valence-electron chi connectivity index (χ3n) is 10.1. The highest BCUT2D eigenvalue weighted by atomic mass is 32.1. The summed E-state index contributed by atoms with van der Waals surface area (Å²) >= 11 is 1.87. The van der Waals surface area contributed by atoms with Gasteiger partial charge in [0, 0.05) is 76.0 Å². The second-order valence-corrected chi connectivity index (χ2v) is 14.1. The summed E-state index contributed by atoms with van der Waals surface area (Å²) < 4.78 is 2.62. The van der Waals surface area contributed by atoms with Crippen LogP contribution >= 0.6 is 11.3 Å². The van der Waals surface area contributed by atoms with Gasteiger partial charge in [-0.1, -0.05) is 97.1 Å². The lowest BCUT2D eigenvalue weighted by Gasteiger charge is -2.12. The molecule has 0 saturated carbocycles. The van der Waals surface area contributed by atoms with Crippen molar-refractivity contribution in [3.05, 3.63) is 158 Å². The Morgan fingerprint density at radius 2 is 1.18 bits per heavy atom. The fourth-order valence-corrected chi connectivity index (χ4v) is 8.97. The highest BCUT2D eigenvalue weighted by molar-refractivity contribution is 7.26. The van der Waals surface area contributed by atoms with Gasteiger partial charge in [0.2, 0.25) is 0 Å². The molecule has 0 saturated heterocycles. The van der Waals surface area contributed by atoms with E-state index in [0.29, 0.717) is 0 Å². The molecule has 0 radical (unpaired) electrons. The number of nitrogens with zero attached hydrogens (tertiary/aromatic N) is 4. The van der Waals surface area contributed by atoms with Crippen LogP contribution in [-0.4, -0.2) is 19.9 Å². The van der Waals surface area contributed by atoms with Crippen LogP contribution in [0.4, 0.5) is 0 Å². The van der Waals surface area contributed by atoms with Crippen LogP contribution in [0.1, 0.15) is 0 Å². The molecule has 4 nitrogen and oxygen atoms in total. The number of benzene rings is 6. The number of fused-ring (bicyclic) bond motifs is 11. The summed E-state index contributed by atoms with van der Waals surface area (Å²) in [5, 5.41) is 9.51. The van der Waals surface area contributed by atoms with E-state index in [1.165, 1.54) is 36.3 Å². The lowest BCUT2D eigenvalue weighted by molar-refractivity contribution is 1.37. The number of pyridine rings is 4. The van der Waals surface area contributed by atoms with Crippen molar-refractivity contribution in [2.24, 2.45) is 0 Å². The third kappa shape index (κ3) is 4.38. The summed E-state index contributed by atoms with van der Waals surface area (Å²) in [6.07, 6.45) is 3.66. The van der Waals surface area contributed by atoms with Crippen molar-refractivity contribution < 1.29 is 0 Å². The van der Waals surface area contributed by atoms with Gasteiger partial charge in [-0.25, -0.2) is 9.97 Å². The molecular formula is C46H26N4S. The van der Waals surface area contributed by atoms with Crippen LogP contribution in [-0.2, 0) is 0 Å². The minimum absolute atomic E-state index is 0.919. The third-order valence-corrected chi connectivity index (χ3v) is 11.3. The molecule has 0 unspecified atom stereocenters. The number of para-hydroxylation sites is 1. The van der Waals surface area contributed by atoms with E-state index in [-0.39, 0.29) is 0 Å². The normalized spacial score (nSPS) is 11.9. The number of hydrogen-bond acceptors (Lipinski definition) is 5. The van der Waals surface area contributed by atoms with E-state index in [4.69, 9.17) is 15.0 Å². The zero-order valence-corrected chi connectivity index (χ0v) is 28.0. The van der Waals surface area contributed by atoms with Crippen LogP contribution in [0.15, 0.2) is 158 Å². The summed E-state index contributed by atoms with van der Waals surface area (Å²) in [5.74, 6) is 0. The molecule has 5 heterocycles. The second kappa shape index (κ2) is 11.0. The standard InChI is InChI=1S/C46H26N4S/c1-3-11-40-35(9-1)42-36(20-19-34-32-8-2-4-12-41(32)51-46(34)42)43(50-40)28-15-13-27(14-16-28)38-22-18-30-25-29(17-21-39(30)49-38)37-26-31-7-5-23-47-44(31)45-33(37)10-6-24-48-45/h1-26H. The summed E-state index contributed by atoms with van der Waals surface area (Å²) in [7, 11) is 0. The second-order valence-electron chi connectivity index (χ2n) is 13.0. The number of thiophene rings is 1. The van der Waals surface area contributed by atoms with Gasteiger partial charge in [0.25, 0.3) is 0 Å². The Balaban J connectivity index is 0.993. The molecule has 0 N–H and O–H groups in total. The van der Waals surface area contributed by atoms with Gasteiger partial charge in [-0.15, -0.1) is 11.3 Å². The van der Waals surface area contributed by atoms with E-state index in [2.05, 4.69) is 138 Å². The largest absolute Gasteiger partial charge is 0.254 e. The smallest absolute Gasteiger partial charge is 0.0970 e. The first-order chi connectivity index (χ1) is 25.3. The van der Waals surface area contributed by atoms with Crippen molar-refractivity contribution in [3.63, 3.8) is 0 Å². The Bertz CT molecular complexity index is 3200.